The van der Waals surface area contributed by atoms with Crippen LogP contribution in [0.25, 0.3) is 0 Å². The first-order valence-corrected chi connectivity index (χ1v) is 6.60. The summed E-state index contributed by atoms with van der Waals surface area (Å²) in [6.07, 6.45) is -4.42. The van der Waals surface area contributed by atoms with Crippen LogP contribution in [0.2, 0.25) is 5.15 Å². The summed E-state index contributed by atoms with van der Waals surface area (Å²) >= 11 is 6.57. The maximum absolute atomic E-state index is 12.4. The molecule has 0 N–H and O–H groups in total. The van der Waals surface area contributed by atoms with Gasteiger partial charge in [-0.3, -0.25) is 0 Å². The highest BCUT2D eigenvalue weighted by molar-refractivity contribution is 7.15. The number of hydrogen-bond donors (Lipinski definition) is 0. The quantitative estimate of drug-likeness (QED) is 0.779. The Morgan fingerprint density at radius 2 is 1.90 bits per heavy atom. The number of ether oxygens (including phenoxy) is 2. The highest BCUT2D eigenvalue weighted by atomic mass is 35.5. The van der Waals surface area contributed by atoms with Crippen molar-refractivity contribution in [2.24, 2.45) is 0 Å². The van der Waals surface area contributed by atoms with Crippen LogP contribution in [0, 0.1) is 0 Å². The maximum Gasteiger partial charge on any atom is 0.416 e. The molecule has 1 aromatic carbocycles. The van der Waals surface area contributed by atoms with E-state index in [0.29, 0.717) is 0 Å². The third-order valence-corrected chi connectivity index (χ3v) is 3.62. The van der Waals surface area contributed by atoms with Crippen molar-refractivity contribution >= 4 is 28.9 Å². The number of carbonyl (C=O) groups is 1. The van der Waals surface area contributed by atoms with Gasteiger partial charge in [0.2, 0.25) is 0 Å². The molecule has 112 valence electrons. The Morgan fingerprint density at radius 1 is 1.29 bits per heavy atom. The second-order valence-corrected chi connectivity index (χ2v) is 5.04. The van der Waals surface area contributed by atoms with E-state index in [1.54, 1.807) is 0 Å². The zero-order valence-corrected chi connectivity index (χ0v) is 12.0. The number of esters is 1. The number of hydrogen-bond acceptors (Lipinski definition) is 5. The van der Waals surface area contributed by atoms with E-state index in [1.807, 2.05) is 0 Å². The van der Waals surface area contributed by atoms with Crippen molar-refractivity contribution in [2.45, 2.75) is 6.18 Å². The SMILES string of the molecule is COC(=O)c1sc(Oc2ccc(C(F)(F)F)cc2)nc1Cl. The summed E-state index contributed by atoms with van der Waals surface area (Å²) < 4.78 is 47.0. The number of rotatable bonds is 3. The van der Waals surface area contributed by atoms with E-state index in [-0.39, 0.29) is 21.0 Å². The van der Waals surface area contributed by atoms with Crippen molar-refractivity contribution in [3.8, 4) is 10.9 Å². The molecule has 0 radical (unpaired) electrons. The Kier molecular flexibility index (Phi) is 4.38. The van der Waals surface area contributed by atoms with Crippen LogP contribution in [0.15, 0.2) is 24.3 Å². The fourth-order valence-corrected chi connectivity index (χ4v) is 2.42. The average Bonchev–Trinajstić information content (AvgIpc) is 2.78. The number of aromatic nitrogens is 1. The van der Waals surface area contributed by atoms with Gasteiger partial charge >= 0.3 is 12.1 Å². The molecular formula is C12H7ClF3NO3S. The van der Waals surface area contributed by atoms with Gasteiger partial charge in [0, 0.05) is 0 Å². The van der Waals surface area contributed by atoms with Crippen molar-refractivity contribution in [3.63, 3.8) is 0 Å². The zero-order chi connectivity index (χ0) is 15.6. The molecule has 1 aromatic heterocycles. The van der Waals surface area contributed by atoms with Crippen LogP contribution in [0.4, 0.5) is 13.2 Å². The van der Waals surface area contributed by atoms with Gasteiger partial charge in [-0.2, -0.15) is 18.2 Å². The van der Waals surface area contributed by atoms with Gasteiger partial charge in [-0.1, -0.05) is 22.9 Å². The lowest BCUT2D eigenvalue weighted by molar-refractivity contribution is -0.137. The lowest BCUT2D eigenvalue weighted by Crippen LogP contribution is -2.03. The predicted octanol–water partition coefficient (Wildman–Crippen LogP) is 4.39. The summed E-state index contributed by atoms with van der Waals surface area (Å²) in [5.41, 5.74) is -0.790. The van der Waals surface area contributed by atoms with Gasteiger partial charge in [0.1, 0.15) is 5.75 Å². The molecule has 0 bridgehead atoms. The molecule has 2 aromatic rings. The molecule has 0 saturated heterocycles. The standard InChI is InChI=1S/C12H7ClF3NO3S/c1-19-10(18)8-9(13)17-11(21-8)20-7-4-2-6(3-5-7)12(14,15)16/h2-5H,1H3. The van der Waals surface area contributed by atoms with Gasteiger partial charge in [0.25, 0.3) is 5.19 Å². The minimum atomic E-state index is -4.42. The summed E-state index contributed by atoms with van der Waals surface area (Å²) in [6, 6.07) is 4.06. The van der Waals surface area contributed by atoms with Crippen LogP contribution in [0.3, 0.4) is 0 Å². The van der Waals surface area contributed by atoms with Crippen molar-refractivity contribution < 1.29 is 27.4 Å². The number of alkyl halides is 3. The topological polar surface area (TPSA) is 48.4 Å². The van der Waals surface area contributed by atoms with Crippen molar-refractivity contribution in [3.05, 3.63) is 39.9 Å². The molecule has 4 nitrogen and oxygen atoms in total. The normalized spacial score (nSPS) is 11.3. The van der Waals surface area contributed by atoms with E-state index in [4.69, 9.17) is 16.3 Å². The molecular weight excluding hydrogens is 331 g/mol. The first kappa shape index (κ1) is 15.6. The number of carbonyl (C=O) groups excluding carboxylic acids is 1. The number of methoxy groups -OCH3 is 1. The summed E-state index contributed by atoms with van der Waals surface area (Å²) in [4.78, 5) is 15.2. The summed E-state index contributed by atoms with van der Waals surface area (Å²) in [5, 5.41) is -0.0612. The second-order valence-electron chi connectivity index (χ2n) is 3.72. The summed E-state index contributed by atoms with van der Waals surface area (Å²) in [6.45, 7) is 0. The highest BCUT2D eigenvalue weighted by Crippen LogP contribution is 2.34. The van der Waals surface area contributed by atoms with Gasteiger partial charge in [-0.25, -0.2) is 4.79 Å². The molecule has 0 amide bonds. The molecule has 21 heavy (non-hydrogen) atoms. The molecule has 9 heteroatoms. The Labute approximate surface area is 126 Å². The predicted molar refractivity (Wildman–Crippen MR) is 70.0 cm³/mol. The van der Waals surface area contributed by atoms with Crippen LogP contribution in [0.5, 0.6) is 10.9 Å². The Morgan fingerprint density at radius 3 is 2.43 bits per heavy atom. The fraction of sp³-hybridized carbons (Fsp3) is 0.167. The first-order valence-electron chi connectivity index (χ1n) is 5.41. The van der Waals surface area contributed by atoms with Crippen LogP contribution in [-0.4, -0.2) is 18.1 Å². The highest BCUT2D eigenvalue weighted by Gasteiger charge is 2.30. The third-order valence-electron chi connectivity index (χ3n) is 2.32. The molecule has 0 fully saturated rings. The van der Waals surface area contributed by atoms with Gasteiger partial charge < -0.3 is 9.47 Å². The third kappa shape index (κ3) is 3.64. The summed E-state index contributed by atoms with van der Waals surface area (Å²) in [7, 11) is 1.19. The lowest BCUT2D eigenvalue weighted by atomic mass is 10.2. The molecule has 0 aliphatic carbocycles. The van der Waals surface area contributed by atoms with E-state index in [2.05, 4.69) is 9.72 Å². The molecule has 0 aliphatic heterocycles. The van der Waals surface area contributed by atoms with Crippen molar-refractivity contribution in [2.75, 3.05) is 7.11 Å². The molecule has 0 aliphatic rings. The Hall–Kier alpha value is -1.80. The van der Waals surface area contributed by atoms with E-state index in [1.165, 1.54) is 7.11 Å². The largest absolute Gasteiger partial charge is 0.465 e. The van der Waals surface area contributed by atoms with E-state index >= 15 is 0 Å². The van der Waals surface area contributed by atoms with Crippen LogP contribution in [0.1, 0.15) is 15.2 Å². The van der Waals surface area contributed by atoms with Gasteiger partial charge in [-0.05, 0) is 24.3 Å². The minimum absolute atomic E-state index is 0.0279. The molecule has 0 saturated carbocycles. The van der Waals surface area contributed by atoms with Gasteiger partial charge in [0.05, 0.1) is 12.7 Å². The number of thiazole rings is 1. The van der Waals surface area contributed by atoms with Crippen molar-refractivity contribution in [1.29, 1.82) is 0 Å². The number of benzene rings is 1. The molecule has 0 atom stereocenters. The zero-order valence-electron chi connectivity index (χ0n) is 10.4. The average molecular weight is 338 g/mol. The first-order chi connectivity index (χ1) is 9.81. The second kappa shape index (κ2) is 5.90. The van der Waals surface area contributed by atoms with Gasteiger partial charge in [0.15, 0.2) is 10.0 Å². The Balaban J connectivity index is 2.17. The van der Waals surface area contributed by atoms with E-state index in [9.17, 15) is 18.0 Å². The van der Waals surface area contributed by atoms with Crippen molar-refractivity contribution in [1.82, 2.24) is 4.98 Å². The van der Waals surface area contributed by atoms with Crippen LogP contribution >= 0.6 is 22.9 Å². The molecule has 2 rings (SSSR count). The maximum atomic E-state index is 12.4. The summed E-state index contributed by atoms with van der Waals surface area (Å²) in [5.74, 6) is -0.524. The smallest absolute Gasteiger partial charge is 0.416 e. The monoisotopic (exact) mass is 337 g/mol. The number of halogens is 4. The molecule has 0 spiro atoms. The Bertz CT molecular complexity index is 655. The van der Waals surface area contributed by atoms with Crippen LogP contribution in [-0.2, 0) is 10.9 Å². The van der Waals surface area contributed by atoms with E-state index < -0.39 is 17.7 Å². The lowest BCUT2D eigenvalue weighted by Gasteiger charge is -2.07. The fourth-order valence-electron chi connectivity index (χ4n) is 1.36. The minimum Gasteiger partial charge on any atom is -0.465 e. The number of nitrogens with zero attached hydrogens (tertiary/aromatic N) is 1. The molecule has 1 heterocycles. The van der Waals surface area contributed by atoms with Crippen LogP contribution < -0.4 is 4.74 Å². The molecule has 0 unspecified atom stereocenters. The van der Waals surface area contributed by atoms with E-state index in [0.717, 1.165) is 35.6 Å². The van der Waals surface area contributed by atoms with Gasteiger partial charge in [-0.15, -0.1) is 0 Å².